The molecule has 0 radical (unpaired) electrons. The summed E-state index contributed by atoms with van der Waals surface area (Å²) in [6, 6.07) is 8.92. The first kappa shape index (κ1) is 12.6. The SMILES string of the molecule is CC1(C)CC(=N)/C(=C(\O)c2ccccc2)C(=O)C1. The molecule has 0 bridgehead atoms. The van der Waals surface area contributed by atoms with E-state index in [4.69, 9.17) is 5.41 Å². The van der Waals surface area contributed by atoms with Crippen LogP contribution in [0.2, 0.25) is 0 Å². The van der Waals surface area contributed by atoms with Crippen molar-refractivity contribution in [3.05, 3.63) is 41.5 Å². The first-order chi connectivity index (χ1) is 8.41. The van der Waals surface area contributed by atoms with E-state index in [1.165, 1.54) is 0 Å². The number of carbonyl (C=O) groups is 1. The third-order valence-corrected chi connectivity index (χ3v) is 3.16. The summed E-state index contributed by atoms with van der Waals surface area (Å²) in [6.07, 6.45) is 0.895. The van der Waals surface area contributed by atoms with E-state index in [2.05, 4.69) is 0 Å². The number of hydrogen-bond acceptors (Lipinski definition) is 3. The minimum absolute atomic E-state index is 0.0684. The van der Waals surface area contributed by atoms with E-state index in [1.807, 2.05) is 19.9 Å². The van der Waals surface area contributed by atoms with Crippen LogP contribution >= 0.6 is 0 Å². The van der Waals surface area contributed by atoms with Gasteiger partial charge in [-0.05, 0) is 11.8 Å². The Morgan fingerprint density at radius 3 is 2.39 bits per heavy atom. The van der Waals surface area contributed by atoms with Gasteiger partial charge in [-0.15, -0.1) is 0 Å². The molecule has 3 heteroatoms. The van der Waals surface area contributed by atoms with Gasteiger partial charge in [-0.25, -0.2) is 0 Å². The van der Waals surface area contributed by atoms with Gasteiger partial charge in [0, 0.05) is 17.7 Å². The second-order valence-electron chi connectivity index (χ2n) is 5.51. The highest BCUT2D eigenvalue weighted by atomic mass is 16.3. The Bertz CT molecular complexity index is 505. The van der Waals surface area contributed by atoms with Gasteiger partial charge in [0.15, 0.2) is 5.78 Å². The summed E-state index contributed by atoms with van der Waals surface area (Å²) >= 11 is 0. The quantitative estimate of drug-likeness (QED) is 0.587. The molecular weight excluding hydrogens is 226 g/mol. The number of aliphatic hydroxyl groups excluding tert-OH is 1. The van der Waals surface area contributed by atoms with Crippen LogP contribution in [0.5, 0.6) is 0 Å². The number of nitrogens with one attached hydrogen (secondary N) is 1. The van der Waals surface area contributed by atoms with Crippen molar-refractivity contribution in [2.45, 2.75) is 26.7 Å². The van der Waals surface area contributed by atoms with Crippen LogP contribution in [0.3, 0.4) is 0 Å². The molecule has 18 heavy (non-hydrogen) atoms. The topological polar surface area (TPSA) is 61.1 Å². The summed E-state index contributed by atoms with van der Waals surface area (Å²) in [5.74, 6) is -0.210. The fraction of sp³-hybridized carbons (Fsp3) is 0.333. The summed E-state index contributed by atoms with van der Waals surface area (Å²) in [7, 11) is 0. The number of ketones is 1. The maximum absolute atomic E-state index is 12.1. The normalized spacial score (nSPS) is 21.9. The molecule has 0 heterocycles. The number of carbonyl (C=O) groups excluding carboxylic acids is 1. The predicted molar refractivity (Wildman–Crippen MR) is 71.7 cm³/mol. The standard InChI is InChI=1S/C15H17NO2/c1-15(2)8-11(16)13(12(17)9-15)14(18)10-6-4-3-5-7-10/h3-7,16,18H,8-9H2,1-2H3/b14-13+,16-11?. The van der Waals surface area contributed by atoms with Crippen LogP contribution in [0.25, 0.3) is 5.76 Å². The minimum Gasteiger partial charge on any atom is -0.506 e. The van der Waals surface area contributed by atoms with Gasteiger partial charge in [0.05, 0.1) is 5.57 Å². The van der Waals surface area contributed by atoms with Crippen molar-refractivity contribution in [3.63, 3.8) is 0 Å². The lowest BCUT2D eigenvalue weighted by molar-refractivity contribution is -0.117. The maximum atomic E-state index is 12.1. The van der Waals surface area contributed by atoms with Gasteiger partial charge in [-0.1, -0.05) is 44.2 Å². The molecule has 0 atom stereocenters. The second kappa shape index (κ2) is 4.41. The largest absolute Gasteiger partial charge is 0.506 e. The van der Waals surface area contributed by atoms with E-state index < -0.39 is 0 Å². The van der Waals surface area contributed by atoms with E-state index in [0.29, 0.717) is 18.4 Å². The van der Waals surface area contributed by atoms with Crippen LogP contribution in [0.15, 0.2) is 35.9 Å². The Morgan fingerprint density at radius 2 is 1.83 bits per heavy atom. The zero-order chi connectivity index (χ0) is 13.3. The first-order valence-corrected chi connectivity index (χ1v) is 6.00. The van der Waals surface area contributed by atoms with Crippen molar-refractivity contribution in [1.82, 2.24) is 0 Å². The number of Topliss-reactive ketones (excluding diaryl/α,β-unsaturated/α-hetero) is 1. The van der Waals surface area contributed by atoms with Crippen molar-refractivity contribution in [1.29, 1.82) is 5.41 Å². The van der Waals surface area contributed by atoms with Gasteiger partial charge >= 0.3 is 0 Å². The number of rotatable bonds is 1. The van der Waals surface area contributed by atoms with Crippen LogP contribution in [-0.4, -0.2) is 16.6 Å². The summed E-state index contributed by atoms with van der Waals surface area (Å²) < 4.78 is 0. The molecule has 1 aromatic carbocycles. The first-order valence-electron chi connectivity index (χ1n) is 6.00. The molecule has 1 aliphatic rings. The molecular formula is C15H17NO2. The van der Waals surface area contributed by atoms with E-state index in [9.17, 15) is 9.90 Å². The average Bonchev–Trinajstić information content (AvgIpc) is 2.27. The Morgan fingerprint density at radius 1 is 1.22 bits per heavy atom. The van der Waals surface area contributed by atoms with Crippen molar-refractivity contribution < 1.29 is 9.90 Å². The summed E-state index contributed by atoms with van der Waals surface area (Å²) in [6.45, 7) is 3.94. The second-order valence-corrected chi connectivity index (χ2v) is 5.51. The summed E-state index contributed by atoms with van der Waals surface area (Å²) in [5, 5.41) is 18.1. The molecule has 1 aromatic rings. The predicted octanol–water partition coefficient (Wildman–Crippen LogP) is 3.36. The molecule has 2 N–H and O–H groups in total. The van der Waals surface area contributed by atoms with Gasteiger partial charge in [0.1, 0.15) is 5.76 Å². The fourth-order valence-corrected chi connectivity index (χ4v) is 2.34. The zero-order valence-corrected chi connectivity index (χ0v) is 10.7. The number of aliphatic hydroxyl groups is 1. The summed E-state index contributed by atoms with van der Waals surface area (Å²) in [5.41, 5.74) is 0.817. The third kappa shape index (κ3) is 2.35. The molecule has 1 aliphatic carbocycles. The van der Waals surface area contributed by atoms with Gasteiger partial charge in [0.2, 0.25) is 0 Å². The minimum atomic E-state index is -0.186. The molecule has 94 valence electrons. The van der Waals surface area contributed by atoms with Gasteiger partial charge < -0.3 is 10.5 Å². The smallest absolute Gasteiger partial charge is 0.168 e. The molecule has 0 aliphatic heterocycles. The molecule has 3 nitrogen and oxygen atoms in total. The van der Waals surface area contributed by atoms with Crippen LogP contribution in [-0.2, 0) is 4.79 Å². The highest BCUT2D eigenvalue weighted by Gasteiger charge is 2.35. The lowest BCUT2D eigenvalue weighted by atomic mass is 9.73. The van der Waals surface area contributed by atoms with Crippen molar-refractivity contribution in [2.75, 3.05) is 0 Å². The van der Waals surface area contributed by atoms with Crippen LogP contribution in [0.1, 0.15) is 32.3 Å². The van der Waals surface area contributed by atoms with Gasteiger partial charge in [-0.2, -0.15) is 0 Å². The number of hydrogen-bond donors (Lipinski definition) is 2. The highest BCUT2D eigenvalue weighted by molar-refractivity contribution is 6.27. The molecule has 0 amide bonds. The van der Waals surface area contributed by atoms with Gasteiger partial charge in [0.25, 0.3) is 0 Å². The van der Waals surface area contributed by atoms with E-state index in [1.54, 1.807) is 24.3 Å². The van der Waals surface area contributed by atoms with Crippen LogP contribution in [0, 0.1) is 10.8 Å². The van der Waals surface area contributed by atoms with E-state index in [0.717, 1.165) is 0 Å². The third-order valence-electron chi connectivity index (χ3n) is 3.16. The van der Waals surface area contributed by atoms with Crippen LogP contribution < -0.4 is 0 Å². The molecule has 0 spiro atoms. The highest BCUT2D eigenvalue weighted by Crippen LogP contribution is 2.35. The monoisotopic (exact) mass is 243 g/mol. The van der Waals surface area contributed by atoms with Gasteiger partial charge in [-0.3, -0.25) is 4.79 Å². The molecule has 0 aromatic heterocycles. The maximum Gasteiger partial charge on any atom is 0.168 e. The van der Waals surface area contributed by atoms with Crippen molar-refractivity contribution in [3.8, 4) is 0 Å². The van der Waals surface area contributed by atoms with E-state index >= 15 is 0 Å². The summed E-state index contributed by atoms with van der Waals surface area (Å²) in [4.78, 5) is 12.1. The Balaban J connectivity index is 2.44. The molecule has 1 saturated carbocycles. The average molecular weight is 243 g/mol. The zero-order valence-electron chi connectivity index (χ0n) is 10.7. The molecule has 1 fully saturated rings. The van der Waals surface area contributed by atoms with Crippen LogP contribution in [0.4, 0.5) is 0 Å². The van der Waals surface area contributed by atoms with Crippen molar-refractivity contribution >= 4 is 17.3 Å². The lowest BCUT2D eigenvalue weighted by Gasteiger charge is -2.30. The molecule has 2 rings (SSSR count). The Labute approximate surface area is 107 Å². The molecule has 0 saturated heterocycles. The Kier molecular flexibility index (Phi) is 3.07. The fourth-order valence-electron chi connectivity index (χ4n) is 2.34. The van der Waals surface area contributed by atoms with Crippen molar-refractivity contribution in [2.24, 2.45) is 5.41 Å². The molecule has 0 unspecified atom stereocenters. The number of allylic oxidation sites excluding steroid dienone is 1. The Hall–Kier alpha value is -1.90. The van der Waals surface area contributed by atoms with E-state index in [-0.39, 0.29) is 28.2 Å². The lowest BCUT2D eigenvalue weighted by Crippen LogP contribution is -2.31. The number of benzene rings is 1.